The van der Waals surface area contributed by atoms with E-state index in [9.17, 15) is 9.18 Å². The number of ether oxygens (including phenoxy) is 1. The van der Waals surface area contributed by atoms with Crippen LogP contribution in [0, 0.1) is 5.82 Å². The van der Waals surface area contributed by atoms with Crippen LogP contribution in [0.2, 0.25) is 0 Å². The second kappa shape index (κ2) is 7.26. The number of nitrogens with zero attached hydrogens (tertiary/aromatic N) is 3. The molecule has 3 N–H and O–H groups in total. The van der Waals surface area contributed by atoms with Gasteiger partial charge < -0.3 is 20.6 Å². The molecule has 1 aromatic carbocycles. The highest BCUT2D eigenvalue weighted by atomic mass is 19.1. The summed E-state index contributed by atoms with van der Waals surface area (Å²) in [6.07, 6.45) is -0.400. The van der Waals surface area contributed by atoms with Crippen molar-refractivity contribution in [2.24, 2.45) is 10.9 Å². The van der Waals surface area contributed by atoms with E-state index in [1.54, 1.807) is 19.2 Å². The number of likely N-dealkylation sites (tertiary alicyclic amines) is 1. The summed E-state index contributed by atoms with van der Waals surface area (Å²) in [6.45, 7) is 6.44. The van der Waals surface area contributed by atoms with Gasteiger partial charge in [-0.2, -0.15) is 0 Å². The number of amides is 1. The molecule has 1 atom stereocenters. The van der Waals surface area contributed by atoms with Crippen LogP contribution < -0.4 is 5.73 Å². The van der Waals surface area contributed by atoms with E-state index in [4.69, 9.17) is 15.7 Å². The number of hydrogen-bond donors (Lipinski definition) is 2. The second-order valence-corrected chi connectivity index (χ2v) is 7.18. The Labute approximate surface area is 146 Å². The molecule has 0 spiro atoms. The summed E-state index contributed by atoms with van der Waals surface area (Å²) < 4.78 is 18.9. The average molecular weight is 352 g/mol. The van der Waals surface area contributed by atoms with E-state index >= 15 is 0 Å². The number of amidine groups is 1. The monoisotopic (exact) mass is 352 g/mol. The number of carbonyl (C=O) groups is 1. The summed E-state index contributed by atoms with van der Waals surface area (Å²) >= 11 is 0. The van der Waals surface area contributed by atoms with Crippen LogP contribution in [-0.2, 0) is 4.74 Å². The molecule has 138 valence electrons. The third-order valence-corrected chi connectivity index (χ3v) is 4.04. The van der Waals surface area contributed by atoms with Gasteiger partial charge in [0.05, 0.1) is 12.1 Å². The first kappa shape index (κ1) is 19.0. The van der Waals surface area contributed by atoms with Gasteiger partial charge in [0.15, 0.2) is 5.84 Å². The van der Waals surface area contributed by atoms with Crippen molar-refractivity contribution in [1.82, 2.24) is 9.80 Å². The normalized spacial score (nSPS) is 17.7. The summed E-state index contributed by atoms with van der Waals surface area (Å²) in [4.78, 5) is 15.6. The third-order valence-electron chi connectivity index (χ3n) is 4.04. The van der Waals surface area contributed by atoms with Gasteiger partial charge in [0, 0.05) is 20.1 Å². The predicted molar refractivity (Wildman–Crippen MR) is 91.9 cm³/mol. The molecule has 0 aliphatic carbocycles. The molecule has 1 aliphatic heterocycles. The number of rotatable bonds is 4. The molecule has 0 aromatic heterocycles. The standard InChI is InChI=1S/C17H25FN4O3/c1-17(2,3)25-16(23)21(4)13-9-22(10-13)14(15(19)20-24)11-6-5-7-12(18)8-11/h5-8,13-14,24H,9-10H2,1-4H3,(H2,19,20)/t14-/m0/s1. The molecule has 7 nitrogen and oxygen atoms in total. The maximum Gasteiger partial charge on any atom is 0.410 e. The molecular weight excluding hydrogens is 327 g/mol. The van der Waals surface area contributed by atoms with Gasteiger partial charge in [-0.15, -0.1) is 0 Å². The van der Waals surface area contributed by atoms with E-state index in [1.165, 1.54) is 17.0 Å². The molecule has 8 heteroatoms. The lowest BCUT2D eigenvalue weighted by molar-refractivity contribution is -0.00894. The summed E-state index contributed by atoms with van der Waals surface area (Å²) in [7, 11) is 1.68. The minimum absolute atomic E-state index is 0.0241. The van der Waals surface area contributed by atoms with Crippen LogP contribution >= 0.6 is 0 Å². The van der Waals surface area contributed by atoms with E-state index < -0.39 is 23.6 Å². The van der Waals surface area contributed by atoms with Crippen molar-refractivity contribution in [1.29, 1.82) is 0 Å². The van der Waals surface area contributed by atoms with Crippen molar-refractivity contribution < 1.29 is 19.1 Å². The van der Waals surface area contributed by atoms with Crippen molar-refractivity contribution in [3.8, 4) is 0 Å². The fourth-order valence-electron chi connectivity index (χ4n) is 2.73. The number of likely N-dealkylation sites (N-methyl/N-ethyl adjacent to an activating group) is 1. The SMILES string of the molecule is CN(C(=O)OC(C)(C)C)C1CN([C@H](C(N)=NO)c2cccc(F)c2)C1. The lowest BCUT2D eigenvalue weighted by Gasteiger charge is -2.47. The number of oxime groups is 1. The van der Waals surface area contributed by atoms with Gasteiger partial charge in [-0.1, -0.05) is 17.3 Å². The molecule has 1 aliphatic rings. The van der Waals surface area contributed by atoms with E-state index in [0.29, 0.717) is 18.7 Å². The summed E-state index contributed by atoms with van der Waals surface area (Å²) in [5, 5.41) is 12.1. The number of carbonyl (C=O) groups excluding carboxylic acids is 1. The molecule has 1 heterocycles. The number of halogens is 1. The molecule has 1 fully saturated rings. The zero-order chi connectivity index (χ0) is 18.8. The van der Waals surface area contributed by atoms with E-state index in [2.05, 4.69) is 5.16 Å². The fourth-order valence-corrected chi connectivity index (χ4v) is 2.73. The van der Waals surface area contributed by atoms with E-state index in [-0.39, 0.29) is 11.9 Å². The van der Waals surface area contributed by atoms with Crippen molar-refractivity contribution in [3.05, 3.63) is 35.6 Å². The Balaban J connectivity index is 2.06. The van der Waals surface area contributed by atoms with Crippen molar-refractivity contribution in [2.75, 3.05) is 20.1 Å². The molecule has 1 amide bonds. The molecular formula is C17H25FN4O3. The summed E-state index contributed by atoms with van der Waals surface area (Å²) in [5.74, 6) is -0.417. The molecule has 2 rings (SSSR count). The smallest absolute Gasteiger partial charge is 0.410 e. The Kier molecular flexibility index (Phi) is 5.52. The lowest BCUT2D eigenvalue weighted by atomic mass is 9.97. The molecule has 0 bridgehead atoms. The summed E-state index contributed by atoms with van der Waals surface area (Å²) in [6, 6.07) is 5.38. The van der Waals surface area contributed by atoms with Gasteiger partial charge in [-0.3, -0.25) is 4.90 Å². The molecule has 0 unspecified atom stereocenters. The molecule has 0 saturated carbocycles. The molecule has 1 saturated heterocycles. The Hall–Kier alpha value is -2.35. The molecule has 25 heavy (non-hydrogen) atoms. The zero-order valence-corrected chi connectivity index (χ0v) is 14.9. The maximum atomic E-state index is 13.5. The Morgan fingerprint density at radius 2 is 2.12 bits per heavy atom. The largest absolute Gasteiger partial charge is 0.444 e. The van der Waals surface area contributed by atoms with Crippen LogP contribution in [0.15, 0.2) is 29.4 Å². The van der Waals surface area contributed by atoms with Gasteiger partial charge in [0.2, 0.25) is 0 Å². The van der Waals surface area contributed by atoms with Gasteiger partial charge in [-0.05, 0) is 38.5 Å². The fraction of sp³-hybridized carbons (Fsp3) is 0.529. The van der Waals surface area contributed by atoms with Gasteiger partial charge in [0.1, 0.15) is 11.4 Å². The number of nitrogens with two attached hydrogens (primary N) is 1. The van der Waals surface area contributed by atoms with Crippen LogP contribution in [0.5, 0.6) is 0 Å². The van der Waals surface area contributed by atoms with Crippen LogP contribution in [0.3, 0.4) is 0 Å². The van der Waals surface area contributed by atoms with Crippen LogP contribution in [-0.4, -0.2) is 58.7 Å². The Morgan fingerprint density at radius 3 is 2.64 bits per heavy atom. The first-order chi connectivity index (χ1) is 11.6. The third kappa shape index (κ3) is 4.60. The number of hydrogen-bond acceptors (Lipinski definition) is 5. The van der Waals surface area contributed by atoms with Gasteiger partial charge in [0.25, 0.3) is 0 Å². The van der Waals surface area contributed by atoms with Gasteiger partial charge >= 0.3 is 6.09 Å². The minimum atomic E-state index is -0.563. The highest BCUT2D eigenvalue weighted by Gasteiger charge is 2.39. The zero-order valence-electron chi connectivity index (χ0n) is 14.9. The van der Waals surface area contributed by atoms with Crippen LogP contribution in [0.4, 0.5) is 9.18 Å². The van der Waals surface area contributed by atoms with Crippen molar-refractivity contribution in [3.63, 3.8) is 0 Å². The topological polar surface area (TPSA) is 91.4 Å². The first-order valence-electron chi connectivity index (χ1n) is 8.05. The highest BCUT2D eigenvalue weighted by molar-refractivity contribution is 5.86. The Bertz CT molecular complexity index is 654. The van der Waals surface area contributed by atoms with E-state index in [0.717, 1.165) is 0 Å². The van der Waals surface area contributed by atoms with Crippen LogP contribution in [0.1, 0.15) is 32.4 Å². The second-order valence-electron chi connectivity index (χ2n) is 7.18. The predicted octanol–water partition coefficient (Wildman–Crippen LogP) is 2.16. The first-order valence-corrected chi connectivity index (χ1v) is 8.05. The van der Waals surface area contributed by atoms with Crippen molar-refractivity contribution >= 4 is 11.9 Å². The quantitative estimate of drug-likeness (QED) is 0.375. The number of benzene rings is 1. The highest BCUT2D eigenvalue weighted by Crippen LogP contribution is 2.29. The molecule has 1 aromatic rings. The average Bonchev–Trinajstić information content (AvgIpc) is 2.47. The maximum absolute atomic E-state index is 13.5. The van der Waals surface area contributed by atoms with Crippen molar-refractivity contribution in [2.45, 2.75) is 38.5 Å². The van der Waals surface area contributed by atoms with E-state index in [1.807, 2.05) is 25.7 Å². The Morgan fingerprint density at radius 1 is 1.48 bits per heavy atom. The summed E-state index contributed by atoms with van der Waals surface area (Å²) in [5.41, 5.74) is 5.83. The molecule has 0 radical (unpaired) electrons. The lowest BCUT2D eigenvalue weighted by Crippen LogP contribution is -2.62. The van der Waals surface area contributed by atoms with Crippen LogP contribution in [0.25, 0.3) is 0 Å². The minimum Gasteiger partial charge on any atom is -0.444 e. The van der Waals surface area contributed by atoms with Gasteiger partial charge in [-0.25, -0.2) is 9.18 Å².